The first-order chi connectivity index (χ1) is 11.8. The van der Waals surface area contributed by atoms with Gasteiger partial charge in [0.2, 0.25) is 0 Å². The Morgan fingerprint density at radius 1 is 0.958 bits per heavy atom. The summed E-state index contributed by atoms with van der Waals surface area (Å²) in [4.78, 5) is 8.76. The molecule has 0 bridgehead atoms. The second-order valence-electron chi connectivity index (χ2n) is 5.66. The van der Waals surface area contributed by atoms with E-state index in [9.17, 15) is 5.11 Å². The Morgan fingerprint density at radius 3 is 2.62 bits per heavy atom. The summed E-state index contributed by atoms with van der Waals surface area (Å²) in [5, 5.41) is 10.0. The number of aromatic nitrogens is 1. The SMILES string of the molecule is Oc1oc(CCc2ccccc2)nc1C=C1C=Nc2ccccc21. The summed E-state index contributed by atoms with van der Waals surface area (Å²) in [5.41, 5.74) is 4.54. The molecule has 4 nitrogen and oxygen atoms in total. The molecule has 0 amide bonds. The van der Waals surface area contributed by atoms with E-state index in [1.807, 2.05) is 42.5 Å². The lowest BCUT2D eigenvalue weighted by molar-refractivity contribution is 0.316. The average Bonchev–Trinajstić information content (AvgIpc) is 3.18. The van der Waals surface area contributed by atoms with E-state index in [-0.39, 0.29) is 5.95 Å². The van der Waals surface area contributed by atoms with E-state index in [1.165, 1.54) is 5.56 Å². The number of allylic oxidation sites excluding steroid dienone is 1. The van der Waals surface area contributed by atoms with Gasteiger partial charge in [-0.2, -0.15) is 0 Å². The summed E-state index contributed by atoms with van der Waals surface area (Å²) < 4.78 is 5.39. The molecule has 0 spiro atoms. The topological polar surface area (TPSA) is 58.6 Å². The van der Waals surface area contributed by atoms with Gasteiger partial charge in [0.1, 0.15) is 5.69 Å². The van der Waals surface area contributed by atoms with Gasteiger partial charge in [-0.3, -0.25) is 4.99 Å². The fourth-order valence-electron chi connectivity index (χ4n) is 2.77. The summed E-state index contributed by atoms with van der Waals surface area (Å²) in [6.07, 6.45) is 5.05. The average molecular weight is 316 g/mol. The number of hydrogen-bond donors (Lipinski definition) is 1. The summed E-state index contributed by atoms with van der Waals surface area (Å²) in [6, 6.07) is 18.0. The van der Waals surface area contributed by atoms with Crippen LogP contribution in [0.3, 0.4) is 0 Å². The largest absolute Gasteiger partial charge is 0.479 e. The van der Waals surface area contributed by atoms with Crippen molar-refractivity contribution in [1.29, 1.82) is 0 Å². The zero-order valence-corrected chi connectivity index (χ0v) is 13.0. The van der Waals surface area contributed by atoms with Gasteiger partial charge < -0.3 is 9.52 Å². The van der Waals surface area contributed by atoms with Gasteiger partial charge in [-0.15, -0.1) is 0 Å². The lowest BCUT2D eigenvalue weighted by Crippen LogP contribution is -1.91. The molecular formula is C20H16N2O2. The van der Waals surface area contributed by atoms with Gasteiger partial charge in [0.15, 0.2) is 5.89 Å². The van der Waals surface area contributed by atoms with Gasteiger partial charge in [0.25, 0.3) is 0 Å². The number of fused-ring (bicyclic) bond motifs is 1. The molecule has 4 heteroatoms. The van der Waals surface area contributed by atoms with Crippen molar-refractivity contribution in [1.82, 2.24) is 4.98 Å². The number of aromatic hydroxyl groups is 1. The monoisotopic (exact) mass is 316 g/mol. The number of rotatable bonds is 4. The highest BCUT2D eigenvalue weighted by molar-refractivity contribution is 6.21. The molecule has 2 aromatic carbocycles. The van der Waals surface area contributed by atoms with Crippen LogP contribution in [0.5, 0.6) is 5.95 Å². The van der Waals surface area contributed by atoms with Crippen molar-refractivity contribution in [3.8, 4) is 5.95 Å². The van der Waals surface area contributed by atoms with E-state index in [4.69, 9.17) is 4.42 Å². The van der Waals surface area contributed by atoms with Gasteiger partial charge in [-0.25, -0.2) is 4.98 Å². The van der Waals surface area contributed by atoms with Crippen molar-refractivity contribution in [3.05, 3.63) is 77.3 Å². The highest BCUT2D eigenvalue weighted by Crippen LogP contribution is 2.33. The Kier molecular flexibility index (Phi) is 3.71. The van der Waals surface area contributed by atoms with Crippen LogP contribution in [0.2, 0.25) is 0 Å². The van der Waals surface area contributed by atoms with Crippen LogP contribution in [0.1, 0.15) is 22.7 Å². The third-order valence-electron chi connectivity index (χ3n) is 4.00. The first-order valence-corrected chi connectivity index (χ1v) is 7.87. The maximum Gasteiger partial charge on any atom is 0.310 e. The molecule has 0 fully saturated rings. The molecule has 1 aromatic heterocycles. The molecule has 24 heavy (non-hydrogen) atoms. The zero-order valence-electron chi connectivity index (χ0n) is 13.0. The van der Waals surface area contributed by atoms with Crippen LogP contribution >= 0.6 is 0 Å². The lowest BCUT2D eigenvalue weighted by atomic mass is 10.1. The number of para-hydroxylation sites is 1. The van der Waals surface area contributed by atoms with Gasteiger partial charge >= 0.3 is 5.95 Å². The Balaban J connectivity index is 1.54. The van der Waals surface area contributed by atoms with E-state index in [1.54, 1.807) is 12.3 Å². The fourth-order valence-corrected chi connectivity index (χ4v) is 2.77. The standard InChI is InChI=1S/C20H16N2O2/c23-20-18(12-15-13-21-17-9-5-4-8-16(15)17)22-19(24-20)11-10-14-6-2-1-3-7-14/h1-9,12-13,23H,10-11H2. The number of oxazole rings is 1. The molecule has 1 N–H and O–H groups in total. The summed E-state index contributed by atoms with van der Waals surface area (Å²) in [5.74, 6) is 0.384. The molecule has 4 rings (SSSR count). The minimum absolute atomic E-state index is 0.150. The molecule has 118 valence electrons. The van der Waals surface area contributed by atoms with Crippen LogP contribution in [-0.4, -0.2) is 16.3 Å². The molecule has 0 aliphatic carbocycles. The van der Waals surface area contributed by atoms with E-state index in [0.29, 0.717) is 18.0 Å². The van der Waals surface area contributed by atoms with Crippen LogP contribution in [-0.2, 0) is 12.8 Å². The van der Waals surface area contributed by atoms with E-state index >= 15 is 0 Å². The molecular weight excluding hydrogens is 300 g/mol. The molecule has 0 atom stereocenters. The van der Waals surface area contributed by atoms with Gasteiger partial charge in [-0.05, 0) is 24.1 Å². The van der Waals surface area contributed by atoms with Gasteiger partial charge in [0.05, 0.1) is 5.69 Å². The third-order valence-corrected chi connectivity index (χ3v) is 4.00. The minimum Gasteiger partial charge on any atom is -0.479 e. The Hall–Kier alpha value is -3.14. The number of aliphatic imine (C=N–C) groups is 1. The molecule has 3 aromatic rings. The van der Waals surface area contributed by atoms with Crippen LogP contribution in [0, 0.1) is 0 Å². The van der Waals surface area contributed by atoms with Crippen molar-refractivity contribution in [2.75, 3.05) is 0 Å². The maximum atomic E-state index is 10.0. The smallest absolute Gasteiger partial charge is 0.310 e. The predicted molar refractivity (Wildman–Crippen MR) is 94.5 cm³/mol. The van der Waals surface area contributed by atoms with E-state index < -0.39 is 0 Å². The predicted octanol–water partition coefficient (Wildman–Crippen LogP) is 4.42. The van der Waals surface area contributed by atoms with Gasteiger partial charge in [-0.1, -0.05) is 48.5 Å². The summed E-state index contributed by atoms with van der Waals surface area (Å²) in [7, 11) is 0. The highest BCUT2D eigenvalue weighted by Gasteiger charge is 2.15. The molecule has 1 aliphatic rings. The number of nitrogens with zero attached hydrogens (tertiary/aromatic N) is 2. The molecule has 1 aliphatic heterocycles. The normalized spacial score (nSPS) is 14.2. The van der Waals surface area contributed by atoms with Crippen molar-refractivity contribution in [3.63, 3.8) is 0 Å². The van der Waals surface area contributed by atoms with Crippen molar-refractivity contribution in [2.45, 2.75) is 12.8 Å². The summed E-state index contributed by atoms with van der Waals surface area (Å²) in [6.45, 7) is 0. The molecule has 2 heterocycles. The lowest BCUT2D eigenvalue weighted by Gasteiger charge is -1.97. The Labute approximate surface area is 139 Å². The second-order valence-corrected chi connectivity index (χ2v) is 5.66. The quantitative estimate of drug-likeness (QED) is 0.775. The van der Waals surface area contributed by atoms with Crippen LogP contribution < -0.4 is 0 Å². The first kappa shape index (κ1) is 14.5. The van der Waals surface area contributed by atoms with E-state index in [2.05, 4.69) is 22.1 Å². The highest BCUT2D eigenvalue weighted by atomic mass is 16.5. The van der Waals surface area contributed by atoms with Crippen LogP contribution in [0.15, 0.2) is 64.0 Å². The second kappa shape index (κ2) is 6.16. The molecule has 0 unspecified atom stereocenters. The molecule has 0 radical (unpaired) electrons. The zero-order chi connectivity index (χ0) is 16.4. The van der Waals surface area contributed by atoms with Crippen molar-refractivity contribution in [2.24, 2.45) is 4.99 Å². The van der Waals surface area contributed by atoms with Crippen molar-refractivity contribution >= 4 is 23.6 Å². The molecule has 0 saturated heterocycles. The summed E-state index contributed by atoms with van der Waals surface area (Å²) >= 11 is 0. The van der Waals surface area contributed by atoms with Crippen LogP contribution in [0.4, 0.5) is 5.69 Å². The first-order valence-electron chi connectivity index (χ1n) is 7.87. The Morgan fingerprint density at radius 2 is 1.75 bits per heavy atom. The third kappa shape index (κ3) is 2.86. The maximum absolute atomic E-state index is 10.0. The number of hydrogen-bond acceptors (Lipinski definition) is 4. The number of aryl methyl sites for hydroxylation is 2. The van der Waals surface area contributed by atoms with E-state index in [0.717, 1.165) is 23.2 Å². The minimum atomic E-state index is -0.150. The van der Waals surface area contributed by atoms with Gasteiger partial charge in [0, 0.05) is 23.8 Å². The Bertz CT molecular complexity index is 924. The fraction of sp³-hybridized carbons (Fsp3) is 0.100. The number of benzene rings is 2. The molecule has 0 saturated carbocycles. The van der Waals surface area contributed by atoms with Crippen molar-refractivity contribution < 1.29 is 9.52 Å². The van der Waals surface area contributed by atoms with Crippen LogP contribution in [0.25, 0.3) is 11.6 Å².